The first-order chi connectivity index (χ1) is 9.90. The number of pyridine rings is 1. The maximum Gasteiger partial charge on any atom is 0.282 e. The second-order valence-corrected chi connectivity index (χ2v) is 5.26. The number of nitrogens with zero attached hydrogens (tertiary/aromatic N) is 2. The largest absolute Gasteiger partial charge is 0.320 e. The summed E-state index contributed by atoms with van der Waals surface area (Å²) in [6, 6.07) is 7.91. The van der Waals surface area contributed by atoms with E-state index >= 15 is 0 Å². The molecule has 7 heteroatoms. The molecule has 0 bridgehead atoms. The van der Waals surface area contributed by atoms with Crippen LogP contribution < -0.4 is 5.32 Å². The highest BCUT2D eigenvalue weighted by Crippen LogP contribution is 2.24. The van der Waals surface area contributed by atoms with Crippen molar-refractivity contribution >= 4 is 33.2 Å². The van der Waals surface area contributed by atoms with E-state index in [0.717, 1.165) is 0 Å². The minimum absolute atomic E-state index is 0.0600. The molecule has 0 aliphatic carbocycles. The molecular formula is C14H12BrN3O3. The Morgan fingerprint density at radius 1 is 1.29 bits per heavy atom. The summed E-state index contributed by atoms with van der Waals surface area (Å²) >= 11 is 3.24. The molecule has 1 heterocycles. The van der Waals surface area contributed by atoms with Crippen molar-refractivity contribution in [2.75, 3.05) is 5.32 Å². The molecule has 1 N–H and O–H groups in total. The number of hydrogen-bond acceptors (Lipinski definition) is 4. The van der Waals surface area contributed by atoms with Gasteiger partial charge in [-0.3, -0.25) is 14.9 Å². The number of amides is 1. The normalized spacial score (nSPS) is 10.2. The van der Waals surface area contributed by atoms with Crippen LogP contribution in [0, 0.1) is 24.0 Å². The average molecular weight is 350 g/mol. The first kappa shape index (κ1) is 15.1. The molecule has 1 aromatic heterocycles. The van der Waals surface area contributed by atoms with Crippen LogP contribution in [0.4, 0.5) is 11.4 Å². The molecule has 1 aromatic carbocycles. The Morgan fingerprint density at radius 2 is 2.00 bits per heavy atom. The molecule has 108 valence electrons. The predicted octanol–water partition coefficient (Wildman–Crippen LogP) is 3.62. The second-order valence-electron chi connectivity index (χ2n) is 4.45. The van der Waals surface area contributed by atoms with Crippen molar-refractivity contribution in [2.45, 2.75) is 13.8 Å². The molecule has 0 atom stereocenters. The maximum absolute atomic E-state index is 12.3. The maximum atomic E-state index is 12.3. The predicted molar refractivity (Wildman–Crippen MR) is 82.5 cm³/mol. The van der Waals surface area contributed by atoms with Crippen LogP contribution in [-0.4, -0.2) is 15.8 Å². The fourth-order valence-corrected chi connectivity index (χ4v) is 2.35. The van der Waals surface area contributed by atoms with Gasteiger partial charge in [0.05, 0.1) is 16.3 Å². The van der Waals surface area contributed by atoms with Gasteiger partial charge in [-0.2, -0.15) is 0 Å². The van der Waals surface area contributed by atoms with Crippen molar-refractivity contribution in [1.82, 2.24) is 4.98 Å². The Morgan fingerprint density at radius 3 is 2.62 bits per heavy atom. The van der Waals surface area contributed by atoms with Gasteiger partial charge in [-0.25, -0.2) is 4.98 Å². The summed E-state index contributed by atoms with van der Waals surface area (Å²) in [6.07, 6.45) is 0. The number of anilines is 1. The summed E-state index contributed by atoms with van der Waals surface area (Å²) in [7, 11) is 0. The van der Waals surface area contributed by atoms with E-state index in [1.807, 2.05) is 0 Å². The lowest BCUT2D eigenvalue weighted by Gasteiger charge is -2.10. The summed E-state index contributed by atoms with van der Waals surface area (Å²) in [5.74, 6) is -0.521. The van der Waals surface area contributed by atoms with Crippen LogP contribution in [0.25, 0.3) is 0 Å². The molecule has 0 radical (unpaired) electrons. The Labute approximate surface area is 129 Å². The number of carbonyl (C=O) groups excluding carboxylic acids is 1. The van der Waals surface area contributed by atoms with Crippen molar-refractivity contribution < 1.29 is 9.72 Å². The standard InChI is InChI=1S/C14H12BrN3O3/c1-8-4-3-5-11(18(20)21)13(8)14(19)17-10-6-7-12(15)16-9(10)2/h3-7H,1-2H3,(H,17,19). The molecule has 6 nitrogen and oxygen atoms in total. The Balaban J connectivity index is 2.39. The number of rotatable bonds is 3. The van der Waals surface area contributed by atoms with Gasteiger partial charge in [0.15, 0.2) is 0 Å². The van der Waals surface area contributed by atoms with Gasteiger partial charge < -0.3 is 5.32 Å². The molecule has 0 fully saturated rings. The number of benzene rings is 1. The Bertz CT molecular complexity index is 731. The highest BCUT2D eigenvalue weighted by atomic mass is 79.9. The van der Waals surface area contributed by atoms with Crippen LogP contribution in [0.2, 0.25) is 0 Å². The highest BCUT2D eigenvalue weighted by molar-refractivity contribution is 9.10. The lowest BCUT2D eigenvalue weighted by Crippen LogP contribution is -2.16. The van der Waals surface area contributed by atoms with E-state index in [1.54, 1.807) is 38.1 Å². The smallest absolute Gasteiger partial charge is 0.282 e. The molecule has 0 unspecified atom stereocenters. The Hall–Kier alpha value is -2.28. The fraction of sp³-hybridized carbons (Fsp3) is 0.143. The van der Waals surface area contributed by atoms with Crippen LogP contribution in [0.3, 0.4) is 0 Å². The molecule has 0 aliphatic rings. The van der Waals surface area contributed by atoms with Gasteiger partial charge in [-0.1, -0.05) is 12.1 Å². The van der Waals surface area contributed by atoms with Gasteiger partial charge in [-0.15, -0.1) is 0 Å². The fourth-order valence-electron chi connectivity index (χ4n) is 1.95. The third kappa shape index (κ3) is 3.25. The van der Waals surface area contributed by atoms with Crippen LogP contribution in [0.5, 0.6) is 0 Å². The van der Waals surface area contributed by atoms with Crippen molar-refractivity contribution in [3.63, 3.8) is 0 Å². The van der Waals surface area contributed by atoms with Gasteiger partial charge in [-0.05, 0) is 47.5 Å². The molecule has 0 aliphatic heterocycles. The van der Waals surface area contributed by atoms with Crippen LogP contribution in [0.1, 0.15) is 21.6 Å². The quantitative estimate of drug-likeness (QED) is 0.520. The monoisotopic (exact) mass is 349 g/mol. The third-order valence-electron chi connectivity index (χ3n) is 2.97. The van der Waals surface area contributed by atoms with Crippen molar-refractivity contribution in [3.8, 4) is 0 Å². The number of aromatic nitrogens is 1. The number of hydrogen-bond donors (Lipinski definition) is 1. The topological polar surface area (TPSA) is 85.1 Å². The van der Waals surface area contributed by atoms with Crippen LogP contribution in [0.15, 0.2) is 34.9 Å². The molecular weight excluding hydrogens is 338 g/mol. The number of aryl methyl sites for hydroxylation is 2. The number of carbonyl (C=O) groups is 1. The van der Waals surface area contributed by atoms with Gasteiger partial charge in [0, 0.05) is 6.07 Å². The first-order valence-corrected chi connectivity index (χ1v) is 6.88. The highest BCUT2D eigenvalue weighted by Gasteiger charge is 2.22. The van der Waals surface area contributed by atoms with Crippen LogP contribution in [-0.2, 0) is 0 Å². The van der Waals surface area contributed by atoms with E-state index in [2.05, 4.69) is 26.2 Å². The zero-order chi connectivity index (χ0) is 15.6. The lowest BCUT2D eigenvalue weighted by atomic mass is 10.1. The number of halogens is 1. The zero-order valence-corrected chi connectivity index (χ0v) is 13.0. The van der Waals surface area contributed by atoms with E-state index in [4.69, 9.17) is 0 Å². The summed E-state index contributed by atoms with van der Waals surface area (Å²) in [5, 5.41) is 13.7. The molecule has 2 aromatic rings. The summed E-state index contributed by atoms with van der Waals surface area (Å²) in [4.78, 5) is 27.0. The SMILES string of the molecule is Cc1cccc([N+](=O)[O-])c1C(=O)Nc1ccc(Br)nc1C. The molecule has 1 amide bonds. The zero-order valence-electron chi connectivity index (χ0n) is 11.4. The lowest BCUT2D eigenvalue weighted by molar-refractivity contribution is -0.385. The summed E-state index contributed by atoms with van der Waals surface area (Å²) in [6.45, 7) is 3.40. The Kier molecular flexibility index (Phi) is 4.32. The molecule has 21 heavy (non-hydrogen) atoms. The minimum Gasteiger partial charge on any atom is -0.320 e. The molecule has 2 rings (SSSR count). The number of nitrogens with one attached hydrogen (secondary N) is 1. The summed E-state index contributed by atoms with van der Waals surface area (Å²) in [5.41, 5.74) is 1.53. The van der Waals surface area contributed by atoms with Gasteiger partial charge in [0.2, 0.25) is 0 Å². The summed E-state index contributed by atoms with van der Waals surface area (Å²) < 4.78 is 0.653. The van der Waals surface area contributed by atoms with E-state index < -0.39 is 10.8 Å². The second kappa shape index (κ2) is 6.01. The van der Waals surface area contributed by atoms with Crippen molar-refractivity contribution in [2.24, 2.45) is 0 Å². The van der Waals surface area contributed by atoms with E-state index in [-0.39, 0.29) is 11.3 Å². The van der Waals surface area contributed by atoms with Crippen molar-refractivity contribution in [1.29, 1.82) is 0 Å². The third-order valence-corrected chi connectivity index (χ3v) is 3.42. The minimum atomic E-state index is -0.561. The molecule has 0 saturated heterocycles. The number of nitro groups is 1. The molecule has 0 spiro atoms. The van der Waals surface area contributed by atoms with Gasteiger partial charge >= 0.3 is 0 Å². The van der Waals surface area contributed by atoms with Crippen molar-refractivity contribution in [3.05, 3.63) is 61.9 Å². The van der Waals surface area contributed by atoms with E-state index in [1.165, 1.54) is 6.07 Å². The molecule has 0 saturated carbocycles. The number of nitro benzene ring substituents is 1. The average Bonchev–Trinajstić information content (AvgIpc) is 2.41. The van der Waals surface area contributed by atoms with E-state index in [0.29, 0.717) is 21.5 Å². The van der Waals surface area contributed by atoms with Crippen LogP contribution >= 0.6 is 15.9 Å². The van der Waals surface area contributed by atoms with E-state index in [9.17, 15) is 14.9 Å². The van der Waals surface area contributed by atoms with Gasteiger partial charge in [0.25, 0.3) is 11.6 Å². The first-order valence-electron chi connectivity index (χ1n) is 6.08. The van der Waals surface area contributed by atoms with Gasteiger partial charge in [0.1, 0.15) is 10.2 Å².